The van der Waals surface area contributed by atoms with E-state index >= 15 is 0 Å². The molecule has 0 saturated heterocycles. The van der Waals surface area contributed by atoms with Gasteiger partial charge in [-0.25, -0.2) is 4.79 Å². The molecule has 1 aromatic rings. The summed E-state index contributed by atoms with van der Waals surface area (Å²) in [5.41, 5.74) is -0.899. The Bertz CT molecular complexity index is 505. The Morgan fingerprint density at radius 2 is 2.22 bits per heavy atom. The maximum Gasteiger partial charge on any atom is 0.328 e. The monoisotopic (exact) mass is 256 g/mol. The van der Waals surface area contributed by atoms with E-state index in [1.807, 2.05) is 0 Å². The van der Waals surface area contributed by atoms with Crippen LogP contribution in [0.25, 0.3) is 0 Å². The van der Waals surface area contributed by atoms with E-state index in [-0.39, 0.29) is 18.7 Å². The lowest BCUT2D eigenvalue weighted by molar-refractivity contribution is -0.144. The van der Waals surface area contributed by atoms with E-state index in [9.17, 15) is 14.4 Å². The second-order valence-electron chi connectivity index (χ2n) is 3.75. The molecule has 0 aliphatic rings. The number of nitrogens with zero attached hydrogens (tertiary/aromatic N) is 1. The van der Waals surface area contributed by atoms with Crippen LogP contribution in [0.5, 0.6) is 0 Å². The van der Waals surface area contributed by atoms with Crippen LogP contribution >= 0.6 is 0 Å². The second kappa shape index (κ2) is 6.75. The Balaban J connectivity index is 2.54. The fourth-order valence-corrected chi connectivity index (χ4v) is 1.38. The van der Waals surface area contributed by atoms with Crippen molar-refractivity contribution < 1.29 is 14.3 Å². The summed E-state index contributed by atoms with van der Waals surface area (Å²) in [5, 5.41) is 0. The first-order chi connectivity index (χ1) is 8.52. The summed E-state index contributed by atoms with van der Waals surface area (Å²) >= 11 is 0. The summed E-state index contributed by atoms with van der Waals surface area (Å²) in [5.74, 6) is -0.377. The lowest BCUT2D eigenvalue weighted by Crippen LogP contribution is -2.30. The van der Waals surface area contributed by atoms with Crippen molar-refractivity contribution in [1.29, 1.82) is 0 Å². The molecule has 7 heteroatoms. The highest BCUT2D eigenvalue weighted by Gasteiger charge is 2.10. The summed E-state index contributed by atoms with van der Waals surface area (Å²) in [6, 6.07) is 1.27. The zero-order valence-electron chi connectivity index (χ0n) is 10.3. The van der Waals surface area contributed by atoms with Crippen LogP contribution in [0.1, 0.15) is 13.3 Å². The van der Waals surface area contributed by atoms with Crippen molar-refractivity contribution in [3.05, 3.63) is 33.1 Å². The molecule has 1 aromatic heterocycles. The van der Waals surface area contributed by atoms with Gasteiger partial charge in [0.05, 0.1) is 6.10 Å². The van der Waals surface area contributed by atoms with Crippen LogP contribution in [-0.4, -0.2) is 35.3 Å². The van der Waals surface area contributed by atoms with Gasteiger partial charge in [-0.05, 0) is 6.42 Å². The third kappa shape index (κ3) is 4.54. The first kappa shape index (κ1) is 14.2. The van der Waals surface area contributed by atoms with Gasteiger partial charge >= 0.3 is 11.7 Å². The van der Waals surface area contributed by atoms with E-state index < -0.39 is 11.2 Å². The Labute approximate surface area is 103 Å². The molecule has 1 heterocycles. The summed E-state index contributed by atoms with van der Waals surface area (Å²) < 4.78 is 11.3. The Morgan fingerprint density at radius 3 is 2.78 bits per heavy atom. The third-order valence-electron chi connectivity index (χ3n) is 2.39. The van der Waals surface area contributed by atoms with Crippen LogP contribution in [0.3, 0.4) is 0 Å². The number of aromatic nitrogens is 2. The van der Waals surface area contributed by atoms with E-state index in [0.717, 1.165) is 0 Å². The summed E-state index contributed by atoms with van der Waals surface area (Å²) in [6.07, 6.45) is 1.63. The standard InChI is InChI=1S/C11H16N2O5/c1-8(14)18-7-9(17-2)3-5-13-6-4-10(15)12-11(13)16/h4,6,9H,3,5,7H2,1-2H3,(H,12,15,16). The highest BCUT2D eigenvalue weighted by atomic mass is 16.6. The normalized spacial score (nSPS) is 12.1. The smallest absolute Gasteiger partial charge is 0.328 e. The number of hydrogen-bond acceptors (Lipinski definition) is 5. The van der Waals surface area contributed by atoms with E-state index in [0.29, 0.717) is 13.0 Å². The quantitative estimate of drug-likeness (QED) is 0.693. The molecule has 1 rings (SSSR count). The third-order valence-corrected chi connectivity index (χ3v) is 2.39. The second-order valence-corrected chi connectivity index (χ2v) is 3.75. The number of nitrogens with one attached hydrogen (secondary N) is 1. The number of carbonyl (C=O) groups is 1. The van der Waals surface area contributed by atoms with Crippen LogP contribution in [0, 0.1) is 0 Å². The van der Waals surface area contributed by atoms with Crippen LogP contribution in [0.15, 0.2) is 21.9 Å². The number of methoxy groups -OCH3 is 1. The van der Waals surface area contributed by atoms with Gasteiger partial charge in [-0.15, -0.1) is 0 Å². The minimum Gasteiger partial charge on any atom is -0.463 e. The number of esters is 1. The molecule has 100 valence electrons. The van der Waals surface area contributed by atoms with Gasteiger partial charge in [0.25, 0.3) is 5.56 Å². The SMILES string of the molecule is COC(CCn1ccc(=O)[nH]c1=O)COC(C)=O. The Hall–Kier alpha value is -1.89. The average molecular weight is 256 g/mol. The number of carbonyl (C=O) groups excluding carboxylic acids is 1. The molecule has 0 amide bonds. The summed E-state index contributed by atoms with van der Waals surface area (Å²) in [7, 11) is 1.50. The fraction of sp³-hybridized carbons (Fsp3) is 0.545. The number of hydrogen-bond donors (Lipinski definition) is 1. The Morgan fingerprint density at radius 1 is 1.50 bits per heavy atom. The number of aromatic amines is 1. The molecular weight excluding hydrogens is 240 g/mol. The topological polar surface area (TPSA) is 90.4 Å². The molecular formula is C11H16N2O5. The van der Waals surface area contributed by atoms with Crippen LogP contribution in [0.2, 0.25) is 0 Å². The largest absolute Gasteiger partial charge is 0.463 e. The van der Waals surface area contributed by atoms with Gasteiger partial charge in [0.1, 0.15) is 6.61 Å². The van der Waals surface area contributed by atoms with Crippen molar-refractivity contribution in [1.82, 2.24) is 9.55 Å². The number of ether oxygens (including phenoxy) is 2. The van der Waals surface area contributed by atoms with Crippen molar-refractivity contribution in [2.24, 2.45) is 0 Å². The maximum absolute atomic E-state index is 11.4. The molecule has 18 heavy (non-hydrogen) atoms. The zero-order chi connectivity index (χ0) is 13.5. The molecule has 0 saturated carbocycles. The molecule has 1 atom stereocenters. The predicted octanol–water partition coefficient (Wildman–Crippen LogP) is -0.495. The summed E-state index contributed by atoms with van der Waals surface area (Å²) in [4.78, 5) is 35.1. The highest BCUT2D eigenvalue weighted by molar-refractivity contribution is 5.65. The molecule has 0 aliphatic heterocycles. The maximum atomic E-state index is 11.4. The van der Waals surface area contributed by atoms with Gasteiger partial charge in [-0.1, -0.05) is 0 Å². The van der Waals surface area contributed by atoms with E-state index in [1.54, 1.807) is 0 Å². The molecule has 1 N–H and O–H groups in total. The van der Waals surface area contributed by atoms with Crippen molar-refractivity contribution >= 4 is 5.97 Å². The van der Waals surface area contributed by atoms with Crippen LogP contribution in [-0.2, 0) is 20.8 Å². The summed E-state index contributed by atoms with van der Waals surface area (Å²) in [6.45, 7) is 1.83. The molecule has 0 aliphatic carbocycles. The van der Waals surface area contributed by atoms with Crippen LogP contribution in [0.4, 0.5) is 0 Å². The minimum atomic E-state index is -0.468. The van der Waals surface area contributed by atoms with E-state index in [2.05, 4.69) is 4.98 Å². The molecule has 0 spiro atoms. The number of rotatable bonds is 6. The van der Waals surface area contributed by atoms with Crippen molar-refractivity contribution in [3.63, 3.8) is 0 Å². The van der Waals surface area contributed by atoms with Crippen molar-refractivity contribution in [2.45, 2.75) is 26.0 Å². The first-order valence-corrected chi connectivity index (χ1v) is 5.49. The lowest BCUT2D eigenvalue weighted by atomic mass is 10.2. The van der Waals surface area contributed by atoms with E-state index in [4.69, 9.17) is 9.47 Å². The molecule has 7 nitrogen and oxygen atoms in total. The Kier molecular flexibility index (Phi) is 5.31. The minimum absolute atomic E-state index is 0.143. The van der Waals surface area contributed by atoms with Crippen molar-refractivity contribution in [2.75, 3.05) is 13.7 Å². The van der Waals surface area contributed by atoms with Gasteiger partial charge in [0.2, 0.25) is 0 Å². The van der Waals surface area contributed by atoms with Gasteiger partial charge in [0, 0.05) is 32.8 Å². The molecule has 0 aromatic carbocycles. The van der Waals surface area contributed by atoms with Crippen LogP contribution < -0.4 is 11.2 Å². The number of aryl methyl sites for hydroxylation is 1. The number of H-pyrrole nitrogens is 1. The van der Waals surface area contributed by atoms with E-state index in [1.165, 1.54) is 30.9 Å². The fourth-order valence-electron chi connectivity index (χ4n) is 1.38. The zero-order valence-corrected chi connectivity index (χ0v) is 10.3. The first-order valence-electron chi connectivity index (χ1n) is 5.49. The molecule has 0 radical (unpaired) electrons. The lowest BCUT2D eigenvalue weighted by Gasteiger charge is -2.15. The van der Waals surface area contributed by atoms with Gasteiger partial charge in [-0.3, -0.25) is 14.6 Å². The highest BCUT2D eigenvalue weighted by Crippen LogP contribution is 2.00. The van der Waals surface area contributed by atoms with Crippen molar-refractivity contribution in [3.8, 4) is 0 Å². The predicted molar refractivity (Wildman–Crippen MR) is 63.4 cm³/mol. The molecule has 0 bridgehead atoms. The van der Waals surface area contributed by atoms with Gasteiger partial charge in [-0.2, -0.15) is 0 Å². The molecule has 0 fully saturated rings. The average Bonchev–Trinajstić information content (AvgIpc) is 2.31. The molecule has 1 unspecified atom stereocenters. The van der Waals surface area contributed by atoms with Gasteiger partial charge in [0.15, 0.2) is 0 Å². The van der Waals surface area contributed by atoms with Gasteiger partial charge < -0.3 is 14.0 Å².